The summed E-state index contributed by atoms with van der Waals surface area (Å²) in [5, 5.41) is 2.76. The fourth-order valence-electron chi connectivity index (χ4n) is 2.06. The number of rotatable bonds is 2. The number of amides is 1. The Morgan fingerprint density at radius 3 is 2.58 bits per heavy atom. The van der Waals surface area contributed by atoms with Gasteiger partial charge in [0.2, 0.25) is 0 Å². The average molecular weight is 250 g/mol. The Labute approximate surface area is 109 Å². The summed E-state index contributed by atoms with van der Waals surface area (Å²) < 4.78 is 0. The van der Waals surface area contributed by atoms with Gasteiger partial charge in [-0.1, -0.05) is 12.1 Å². The summed E-state index contributed by atoms with van der Waals surface area (Å²) in [5.74, 6) is -0.158. The molecule has 0 saturated heterocycles. The second-order valence-corrected chi connectivity index (χ2v) is 4.22. The zero-order valence-electron chi connectivity index (χ0n) is 9.96. The standard InChI is InChI=1S/C15H10N2O2/c18-9-11-1-2-12-13(15(19)17-14(12)8-11)7-10-3-5-16-6-4-10/h1-9H,(H,17,19)/b13-7+. The van der Waals surface area contributed by atoms with Gasteiger partial charge in [-0.15, -0.1) is 0 Å². The molecule has 4 heteroatoms. The number of carbonyl (C=O) groups is 2. The number of carbonyl (C=O) groups excluding carboxylic acids is 2. The molecule has 2 heterocycles. The number of hydrogen-bond acceptors (Lipinski definition) is 3. The predicted molar refractivity (Wildman–Crippen MR) is 72.6 cm³/mol. The summed E-state index contributed by atoms with van der Waals surface area (Å²) in [7, 11) is 0. The Morgan fingerprint density at radius 1 is 1.05 bits per heavy atom. The molecule has 1 aliphatic rings. The zero-order valence-corrected chi connectivity index (χ0v) is 9.96. The maximum atomic E-state index is 12.0. The largest absolute Gasteiger partial charge is 0.321 e. The van der Waals surface area contributed by atoms with E-state index >= 15 is 0 Å². The van der Waals surface area contributed by atoms with Gasteiger partial charge >= 0.3 is 0 Å². The number of anilines is 1. The van der Waals surface area contributed by atoms with Crippen molar-refractivity contribution in [1.82, 2.24) is 4.98 Å². The van der Waals surface area contributed by atoms with Crippen LogP contribution in [0.1, 0.15) is 21.5 Å². The van der Waals surface area contributed by atoms with E-state index in [4.69, 9.17) is 0 Å². The Kier molecular flexibility index (Phi) is 2.68. The van der Waals surface area contributed by atoms with Gasteiger partial charge in [0.05, 0.1) is 0 Å². The van der Waals surface area contributed by atoms with E-state index in [-0.39, 0.29) is 5.91 Å². The highest BCUT2D eigenvalue weighted by molar-refractivity contribution is 6.35. The summed E-state index contributed by atoms with van der Waals surface area (Å²) in [6, 6.07) is 8.82. The minimum atomic E-state index is -0.158. The van der Waals surface area contributed by atoms with Crippen molar-refractivity contribution in [3.05, 3.63) is 59.4 Å². The highest BCUT2D eigenvalue weighted by atomic mass is 16.2. The number of nitrogens with one attached hydrogen (secondary N) is 1. The molecule has 0 radical (unpaired) electrons. The molecule has 0 fully saturated rings. The lowest BCUT2D eigenvalue weighted by Crippen LogP contribution is -2.03. The highest BCUT2D eigenvalue weighted by Crippen LogP contribution is 2.33. The predicted octanol–water partition coefficient (Wildman–Crippen LogP) is 2.39. The van der Waals surface area contributed by atoms with Crippen molar-refractivity contribution in [2.75, 3.05) is 5.32 Å². The zero-order chi connectivity index (χ0) is 13.2. The van der Waals surface area contributed by atoms with Crippen molar-refractivity contribution in [2.24, 2.45) is 0 Å². The number of aromatic nitrogens is 1. The van der Waals surface area contributed by atoms with E-state index in [0.29, 0.717) is 16.8 Å². The molecule has 0 unspecified atom stereocenters. The van der Waals surface area contributed by atoms with Crippen molar-refractivity contribution < 1.29 is 9.59 Å². The third kappa shape index (κ3) is 2.04. The first-order valence-corrected chi connectivity index (χ1v) is 5.80. The maximum absolute atomic E-state index is 12.0. The fraction of sp³-hybridized carbons (Fsp3) is 0. The van der Waals surface area contributed by atoms with Crippen LogP contribution in [-0.4, -0.2) is 17.2 Å². The molecule has 92 valence electrons. The van der Waals surface area contributed by atoms with Crippen molar-refractivity contribution in [2.45, 2.75) is 0 Å². The molecule has 0 spiro atoms. The van der Waals surface area contributed by atoms with Crippen LogP contribution in [0.5, 0.6) is 0 Å². The maximum Gasteiger partial charge on any atom is 0.256 e. The minimum absolute atomic E-state index is 0.158. The minimum Gasteiger partial charge on any atom is -0.321 e. The topological polar surface area (TPSA) is 59.1 Å². The molecular formula is C15H10N2O2. The molecule has 0 saturated carbocycles. The van der Waals surface area contributed by atoms with E-state index < -0.39 is 0 Å². The van der Waals surface area contributed by atoms with Crippen molar-refractivity contribution in [3.8, 4) is 0 Å². The number of nitrogens with zero attached hydrogens (tertiary/aromatic N) is 1. The van der Waals surface area contributed by atoms with Crippen LogP contribution in [0, 0.1) is 0 Å². The number of fused-ring (bicyclic) bond motifs is 1. The van der Waals surface area contributed by atoms with Gasteiger partial charge in [0.1, 0.15) is 6.29 Å². The van der Waals surface area contributed by atoms with Gasteiger partial charge in [-0.2, -0.15) is 0 Å². The summed E-state index contributed by atoms with van der Waals surface area (Å²) in [6.07, 6.45) is 5.92. The molecule has 1 amide bonds. The van der Waals surface area contributed by atoms with Crippen molar-refractivity contribution in [1.29, 1.82) is 0 Å². The molecular weight excluding hydrogens is 240 g/mol. The average Bonchev–Trinajstić information content (AvgIpc) is 2.75. The van der Waals surface area contributed by atoms with E-state index in [1.165, 1.54) is 0 Å². The number of benzene rings is 1. The second kappa shape index (κ2) is 4.49. The van der Waals surface area contributed by atoms with E-state index in [9.17, 15) is 9.59 Å². The summed E-state index contributed by atoms with van der Waals surface area (Å²) in [6.45, 7) is 0. The first kappa shape index (κ1) is 11.3. The molecule has 1 aromatic heterocycles. The van der Waals surface area contributed by atoms with Crippen LogP contribution < -0.4 is 5.32 Å². The normalized spacial score (nSPS) is 15.2. The molecule has 1 aromatic carbocycles. The van der Waals surface area contributed by atoms with E-state index in [1.54, 1.807) is 30.6 Å². The first-order chi connectivity index (χ1) is 9.28. The molecule has 0 bridgehead atoms. The van der Waals surface area contributed by atoms with Gasteiger partial charge in [-0.3, -0.25) is 14.6 Å². The van der Waals surface area contributed by atoms with Crippen LogP contribution in [0.15, 0.2) is 42.7 Å². The molecule has 1 N–H and O–H groups in total. The van der Waals surface area contributed by atoms with Crippen molar-refractivity contribution in [3.63, 3.8) is 0 Å². The molecule has 0 aliphatic carbocycles. The van der Waals surface area contributed by atoms with Crippen LogP contribution in [0.3, 0.4) is 0 Å². The van der Waals surface area contributed by atoms with E-state index in [1.807, 2.05) is 18.2 Å². The SMILES string of the molecule is O=Cc1ccc2c(c1)NC(=O)/C2=C/c1ccncc1. The lowest BCUT2D eigenvalue weighted by atomic mass is 10.0. The number of hydrogen-bond donors (Lipinski definition) is 1. The Hall–Kier alpha value is -2.75. The van der Waals surface area contributed by atoms with Crippen LogP contribution >= 0.6 is 0 Å². The van der Waals surface area contributed by atoms with Crippen molar-refractivity contribution >= 4 is 29.5 Å². The number of pyridine rings is 1. The highest BCUT2D eigenvalue weighted by Gasteiger charge is 2.23. The van der Waals surface area contributed by atoms with Gasteiger partial charge in [0.25, 0.3) is 5.91 Å². The molecule has 0 atom stereocenters. The monoisotopic (exact) mass is 250 g/mol. The Bertz CT molecular complexity index is 691. The summed E-state index contributed by atoms with van der Waals surface area (Å²) in [5.41, 5.74) is 3.54. The lowest BCUT2D eigenvalue weighted by Gasteiger charge is -1.99. The molecule has 1 aliphatic heterocycles. The fourth-order valence-corrected chi connectivity index (χ4v) is 2.06. The first-order valence-electron chi connectivity index (χ1n) is 5.80. The smallest absolute Gasteiger partial charge is 0.256 e. The summed E-state index contributed by atoms with van der Waals surface area (Å²) >= 11 is 0. The van der Waals surface area contributed by atoms with Crippen LogP contribution in [-0.2, 0) is 4.79 Å². The van der Waals surface area contributed by atoms with Gasteiger partial charge in [-0.05, 0) is 29.8 Å². The second-order valence-electron chi connectivity index (χ2n) is 4.22. The Balaban J connectivity index is 2.08. The van der Waals surface area contributed by atoms with E-state index in [0.717, 1.165) is 17.4 Å². The molecule has 4 nitrogen and oxygen atoms in total. The van der Waals surface area contributed by atoms with E-state index in [2.05, 4.69) is 10.3 Å². The molecule has 3 rings (SSSR count). The van der Waals surface area contributed by atoms with Crippen LogP contribution in [0.2, 0.25) is 0 Å². The third-order valence-corrected chi connectivity index (χ3v) is 2.98. The van der Waals surface area contributed by atoms with Gasteiger partial charge in [-0.25, -0.2) is 0 Å². The van der Waals surface area contributed by atoms with Crippen LogP contribution in [0.25, 0.3) is 11.6 Å². The van der Waals surface area contributed by atoms with Gasteiger partial charge in [0.15, 0.2) is 0 Å². The van der Waals surface area contributed by atoms with Gasteiger partial charge in [0, 0.05) is 34.8 Å². The van der Waals surface area contributed by atoms with Crippen LogP contribution in [0.4, 0.5) is 5.69 Å². The molecule has 2 aromatic rings. The lowest BCUT2D eigenvalue weighted by molar-refractivity contribution is -0.110. The van der Waals surface area contributed by atoms with Gasteiger partial charge < -0.3 is 5.32 Å². The summed E-state index contributed by atoms with van der Waals surface area (Å²) in [4.78, 5) is 26.6. The quantitative estimate of drug-likeness (QED) is 0.657. The number of aldehydes is 1. The Morgan fingerprint density at radius 2 is 1.84 bits per heavy atom. The third-order valence-electron chi connectivity index (χ3n) is 2.98. The molecule has 19 heavy (non-hydrogen) atoms.